The third kappa shape index (κ3) is 2.95. The molecule has 0 spiro atoms. The fourth-order valence-electron chi connectivity index (χ4n) is 2.87. The maximum Gasteiger partial charge on any atom is 0.271 e. The van der Waals surface area contributed by atoms with E-state index in [0.29, 0.717) is 17.9 Å². The van der Waals surface area contributed by atoms with E-state index in [0.717, 1.165) is 25.7 Å². The molecule has 2 rings (SSSR count). The number of amides is 2. The maximum atomic E-state index is 12.7. The highest BCUT2D eigenvalue weighted by Crippen LogP contribution is 2.25. The first-order valence-corrected chi connectivity index (χ1v) is 7.07. The summed E-state index contributed by atoms with van der Waals surface area (Å²) in [6.45, 7) is 2.58. The Labute approximate surface area is 118 Å². The van der Waals surface area contributed by atoms with Crippen LogP contribution in [0.25, 0.3) is 0 Å². The summed E-state index contributed by atoms with van der Waals surface area (Å²) in [5.74, 6) is -0.637. The Bertz CT molecular complexity index is 503. The third-order valence-corrected chi connectivity index (χ3v) is 3.83. The van der Waals surface area contributed by atoms with Gasteiger partial charge in [-0.1, -0.05) is 12.8 Å². The molecule has 0 bridgehead atoms. The second kappa shape index (κ2) is 5.98. The lowest BCUT2D eigenvalue weighted by atomic mass is 10.2. The zero-order chi connectivity index (χ0) is 14.7. The number of hydrogen-bond donors (Lipinski definition) is 2. The average Bonchev–Trinajstić information content (AvgIpc) is 3.03. The Kier molecular flexibility index (Phi) is 4.32. The molecule has 0 radical (unpaired) electrons. The van der Waals surface area contributed by atoms with E-state index in [1.54, 1.807) is 21.7 Å². The molecule has 20 heavy (non-hydrogen) atoms. The molecule has 2 amide bonds. The first-order chi connectivity index (χ1) is 9.52. The van der Waals surface area contributed by atoms with Crippen molar-refractivity contribution in [2.24, 2.45) is 5.73 Å². The van der Waals surface area contributed by atoms with Gasteiger partial charge < -0.3 is 20.9 Å². The van der Waals surface area contributed by atoms with Crippen molar-refractivity contribution in [2.75, 3.05) is 12.3 Å². The van der Waals surface area contributed by atoms with Gasteiger partial charge >= 0.3 is 0 Å². The summed E-state index contributed by atoms with van der Waals surface area (Å²) >= 11 is 0. The first-order valence-electron chi connectivity index (χ1n) is 7.07. The smallest absolute Gasteiger partial charge is 0.271 e. The number of nitrogens with zero attached hydrogens (tertiary/aromatic N) is 2. The molecule has 0 unspecified atom stereocenters. The normalized spacial score (nSPS) is 15.4. The van der Waals surface area contributed by atoms with Crippen LogP contribution in [0.1, 0.15) is 43.1 Å². The second-order valence-corrected chi connectivity index (χ2v) is 5.28. The number of rotatable bonds is 5. The molecular formula is C14H22N4O2. The molecule has 1 aliphatic carbocycles. The molecule has 1 aromatic rings. The van der Waals surface area contributed by atoms with Crippen molar-refractivity contribution >= 4 is 17.5 Å². The Balaban J connectivity index is 2.26. The summed E-state index contributed by atoms with van der Waals surface area (Å²) in [4.78, 5) is 25.6. The maximum absolute atomic E-state index is 12.7. The van der Waals surface area contributed by atoms with Gasteiger partial charge in [0.1, 0.15) is 5.69 Å². The summed E-state index contributed by atoms with van der Waals surface area (Å²) < 4.78 is 1.81. The van der Waals surface area contributed by atoms with Gasteiger partial charge in [0.05, 0.1) is 12.2 Å². The van der Waals surface area contributed by atoms with Crippen molar-refractivity contribution in [1.29, 1.82) is 0 Å². The van der Waals surface area contributed by atoms with Crippen molar-refractivity contribution in [2.45, 2.75) is 45.2 Å². The lowest BCUT2D eigenvalue weighted by Crippen LogP contribution is -2.44. The van der Waals surface area contributed by atoms with Crippen LogP contribution >= 0.6 is 0 Å². The molecule has 110 valence electrons. The van der Waals surface area contributed by atoms with Gasteiger partial charge in [0.15, 0.2) is 0 Å². The number of anilines is 1. The van der Waals surface area contributed by atoms with E-state index in [-0.39, 0.29) is 18.5 Å². The molecule has 1 aromatic heterocycles. The Morgan fingerprint density at radius 3 is 2.60 bits per heavy atom. The molecule has 1 saturated carbocycles. The molecule has 4 N–H and O–H groups in total. The van der Waals surface area contributed by atoms with Gasteiger partial charge in [0.25, 0.3) is 5.91 Å². The van der Waals surface area contributed by atoms with E-state index in [4.69, 9.17) is 11.5 Å². The highest BCUT2D eigenvalue weighted by molar-refractivity contribution is 5.96. The van der Waals surface area contributed by atoms with Crippen LogP contribution in [0.4, 0.5) is 5.69 Å². The molecule has 1 aliphatic rings. The third-order valence-electron chi connectivity index (χ3n) is 3.83. The quantitative estimate of drug-likeness (QED) is 0.840. The molecule has 0 atom stereocenters. The summed E-state index contributed by atoms with van der Waals surface area (Å²) in [5.41, 5.74) is 12.1. The number of nitrogen functional groups attached to an aromatic ring is 1. The minimum absolute atomic E-state index is 0.0295. The van der Waals surface area contributed by atoms with E-state index in [1.165, 1.54) is 0 Å². The van der Waals surface area contributed by atoms with Crippen LogP contribution in [0.3, 0.4) is 0 Å². The largest absolute Gasteiger partial charge is 0.397 e. The molecule has 1 fully saturated rings. The fourth-order valence-corrected chi connectivity index (χ4v) is 2.87. The summed E-state index contributed by atoms with van der Waals surface area (Å²) in [7, 11) is 0. The van der Waals surface area contributed by atoms with Gasteiger partial charge in [-0.05, 0) is 25.8 Å². The number of aryl methyl sites for hydroxylation is 1. The molecule has 6 heteroatoms. The Morgan fingerprint density at radius 2 is 2.05 bits per heavy atom. The van der Waals surface area contributed by atoms with Crippen LogP contribution in [-0.4, -0.2) is 33.9 Å². The van der Waals surface area contributed by atoms with E-state index in [9.17, 15) is 9.59 Å². The SMILES string of the molecule is CCn1cc(N)cc1C(=O)N(CC(N)=O)C1CCCC1. The Hall–Kier alpha value is -1.98. The van der Waals surface area contributed by atoms with Crippen molar-refractivity contribution < 1.29 is 9.59 Å². The molecule has 0 saturated heterocycles. The number of primary amides is 1. The van der Waals surface area contributed by atoms with Gasteiger partial charge in [0.2, 0.25) is 5.91 Å². The molecular weight excluding hydrogens is 256 g/mol. The summed E-state index contributed by atoms with van der Waals surface area (Å²) in [6.07, 6.45) is 5.78. The molecule has 6 nitrogen and oxygen atoms in total. The number of nitrogens with two attached hydrogens (primary N) is 2. The predicted molar refractivity (Wildman–Crippen MR) is 77.0 cm³/mol. The molecule has 0 aromatic carbocycles. The standard InChI is InChI=1S/C14H22N4O2/c1-2-17-8-10(15)7-12(17)14(20)18(9-13(16)19)11-5-3-4-6-11/h7-8,11H,2-6,9,15H2,1H3,(H2,16,19). The fraction of sp³-hybridized carbons (Fsp3) is 0.571. The lowest BCUT2D eigenvalue weighted by molar-refractivity contribution is -0.119. The van der Waals surface area contributed by atoms with Crippen molar-refractivity contribution in [1.82, 2.24) is 9.47 Å². The second-order valence-electron chi connectivity index (χ2n) is 5.28. The monoisotopic (exact) mass is 278 g/mol. The van der Waals surface area contributed by atoms with E-state index in [2.05, 4.69) is 0 Å². The Morgan fingerprint density at radius 1 is 1.40 bits per heavy atom. The minimum atomic E-state index is -0.479. The van der Waals surface area contributed by atoms with Gasteiger partial charge in [0, 0.05) is 18.8 Å². The summed E-state index contributed by atoms with van der Waals surface area (Å²) in [6, 6.07) is 1.77. The number of carbonyl (C=O) groups excluding carboxylic acids is 2. The van der Waals surface area contributed by atoms with Crippen LogP contribution in [0.15, 0.2) is 12.3 Å². The topological polar surface area (TPSA) is 94.3 Å². The van der Waals surface area contributed by atoms with Gasteiger partial charge in [-0.2, -0.15) is 0 Å². The van der Waals surface area contributed by atoms with E-state index in [1.807, 2.05) is 6.92 Å². The number of carbonyl (C=O) groups is 2. The molecule has 1 heterocycles. The van der Waals surface area contributed by atoms with Crippen LogP contribution in [-0.2, 0) is 11.3 Å². The summed E-state index contributed by atoms with van der Waals surface area (Å²) in [5, 5.41) is 0. The average molecular weight is 278 g/mol. The van der Waals surface area contributed by atoms with Crippen LogP contribution in [0.2, 0.25) is 0 Å². The van der Waals surface area contributed by atoms with Gasteiger partial charge in [-0.3, -0.25) is 9.59 Å². The zero-order valence-electron chi connectivity index (χ0n) is 11.8. The van der Waals surface area contributed by atoms with E-state index < -0.39 is 5.91 Å². The van der Waals surface area contributed by atoms with Gasteiger partial charge in [-0.25, -0.2) is 0 Å². The van der Waals surface area contributed by atoms with Crippen molar-refractivity contribution in [3.63, 3.8) is 0 Å². The van der Waals surface area contributed by atoms with Crippen LogP contribution in [0, 0.1) is 0 Å². The van der Waals surface area contributed by atoms with E-state index >= 15 is 0 Å². The van der Waals surface area contributed by atoms with Gasteiger partial charge in [-0.15, -0.1) is 0 Å². The zero-order valence-corrected chi connectivity index (χ0v) is 11.8. The van der Waals surface area contributed by atoms with Crippen LogP contribution < -0.4 is 11.5 Å². The van der Waals surface area contributed by atoms with Crippen molar-refractivity contribution in [3.05, 3.63) is 18.0 Å². The predicted octanol–water partition coefficient (Wildman–Crippen LogP) is 0.960. The highest BCUT2D eigenvalue weighted by atomic mass is 16.2. The van der Waals surface area contributed by atoms with Crippen molar-refractivity contribution in [3.8, 4) is 0 Å². The molecule has 0 aliphatic heterocycles. The number of hydrogen-bond acceptors (Lipinski definition) is 3. The number of aromatic nitrogens is 1. The minimum Gasteiger partial charge on any atom is -0.397 e. The lowest BCUT2D eigenvalue weighted by Gasteiger charge is -2.28. The van der Waals surface area contributed by atoms with Crippen LogP contribution in [0.5, 0.6) is 0 Å². The highest BCUT2D eigenvalue weighted by Gasteiger charge is 2.30. The first kappa shape index (κ1) is 14.4.